The molecule has 2 amide bonds. The van der Waals surface area contributed by atoms with Gasteiger partial charge in [0.05, 0.1) is 18.4 Å². The minimum atomic E-state index is -0.603. The number of anilines is 1. The van der Waals surface area contributed by atoms with Crippen LogP contribution in [0.2, 0.25) is 0 Å². The van der Waals surface area contributed by atoms with Gasteiger partial charge >= 0.3 is 0 Å². The number of nitrogens with zero attached hydrogens (tertiary/aromatic N) is 3. The Labute approximate surface area is 134 Å². The standard InChI is InChI=1S/C16H20N4O3/c1-11-10-19(8-9-23-11)16(22)14-17-12(2)15(21)20(18-14)13-6-4-3-5-7-13/h3-7,11-12H,8-10H2,1-2H3,(H,17,18). The molecule has 0 spiro atoms. The molecule has 0 saturated carbocycles. The van der Waals surface area contributed by atoms with Crippen LogP contribution in [0.25, 0.3) is 0 Å². The highest BCUT2D eigenvalue weighted by Gasteiger charge is 2.33. The van der Waals surface area contributed by atoms with E-state index in [0.29, 0.717) is 25.4 Å². The molecule has 2 aliphatic rings. The Hall–Kier alpha value is -2.41. The van der Waals surface area contributed by atoms with Crippen LogP contribution in [-0.2, 0) is 14.3 Å². The predicted molar refractivity (Wildman–Crippen MR) is 86.0 cm³/mol. The van der Waals surface area contributed by atoms with E-state index in [1.165, 1.54) is 5.01 Å². The van der Waals surface area contributed by atoms with Gasteiger partial charge < -0.3 is 9.64 Å². The Morgan fingerprint density at radius 2 is 2.04 bits per heavy atom. The van der Waals surface area contributed by atoms with E-state index in [1.54, 1.807) is 11.8 Å². The highest BCUT2D eigenvalue weighted by molar-refractivity contribution is 6.39. The van der Waals surface area contributed by atoms with Crippen LogP contribution < -0.4 is 10.4 Å². The van der Waals surface area contributed by atoms with Crippen molar-refractivity contribution in [1.29, 1.82) is 0 Å². The van der Waals surface area contributed by atoms with E-state index in [0.717, 1.165) is 0 Å². The fraction of sp³-hybridized carbons (Fsp3) is 0.438. The molecule has 2 aliphatic heterocycles. The summed E-state index contributed by atoms with van der Waals surface area (Å²) in [5, 5.41) is 1.38. The normalized spacial score (nSPS) is 25.0. The fourth-order valence-electron chi connectivity index (χ4n) is 2.65. The molecule has 0 aliphatic carbocycles. The first-order valence-electron chi connectivity index (χ1n) is 7.70. The number of nitrogens with one attached hydrogen (secondary N) is 1. The van der Waals surface area contributed by atoms with Crippen molar-refractivity contribution >= 4 is 23.3 Å². The van der Waals surface area contributed by atoms with E-state index in [4.69, 9.17) is 4.74 Å². The minimum absolute atomic E-state index is 0.00109. The fourth-order valence-corrected chi connectivity index (χ4v) is 2.65. The summed E-state index contributed by atoms with van der Waals surface area (Å²) in [5.41, 5.74) is 3.54. The van der Waals surface area contributed by atoms with Crippen molar-refractivity contribution in [1.82, 2.24) is 10.3 Å². The molecule has 7 nitrogen and oxygen atoms in total. The molecule has 0 bridgehead atoms. The second-order valence-corrected chi connectivity index (χ2v) is 5.71. The van der Waals surface area contributed by atoms with E-state index in [-0.39, 0.29) is 23.8 Å². The monoisotopic (exact) mass is 316 g/mol. The zero-order valence-electron chi connectivity index (χ0n) is 13.2. The maximum absolute atomic E-state index is 12.7. The number of hydrazine groups is 1. The van der Waals surface area contributed by atoms with Gasteiger partial charge in [-0.05, 0) is 26.0 Å². The average Bonchev–Trinajstić information content (AvgIpc) is 2.57. The first kappa shape index (κ1) is 15.5. The van der Waals surface area contributed by atoms with Gasteiger partial charge in [-0.3, -0.25) is 15.0 Å². The molecule has 1 aromatic carbocycles. The SMILES string of the molecule is CC1CN(C(=O)C2=NC(C)C(=O)N(c3ccccc3)N2)CCO1. The summed E-state index contributed by atoms with van der Waals surface area (Å²) in [6.07, 6.45) is 0.00109. The first-order chi connectivity index (χ1) is 11.1. The first-order valence-corrected chi connectivity index (χ1v) is 7.70. The van der Waals surface area contributed by atoms with Crippen LogP contribution >= 0.6 is 0 Å². The highest BCUT2D eigenvalue weighted by atomic mass is 16.5. The molecule has 2 heterocycles. The van der Waals surface area contributed by atoms with Gasteiger partial charge in [-0.15, -0.1) is 0 Å². The summed E-state index contributed by atoms with van der Waals surface area (Å²) in [7, 11) is 0. The van der Waals surface area contributed by atoms with Crippen LogP contribution in [0.5, 0.6) is 0 Å². The van der Waals surface area contributed by atoms with Gasteiger partial charge in [0.2, 0.25) is 5.84 Å². The van der Waals surface area contributed by atoms with Crippen molar-refractivity contribution in [2.45, 2.75) is 26.0 Å². The van der Waals surface area contributed by atoms with E-state index in [1.807, 2.05) is 37.3 Å². The van der Waals surface area contributed by atoms with Gasteiger partial charge in [0.1, 0.15) is 6.04 Å². The van der Waals surface area contributed by atoms with Gasteiger partial charge in [-0.25, -0.2) is 10.0 Å². The summed E-state index contributed by atoms with van der Waals surface area (Å²) >= 11 is 0. The van der Waals surface area contributed by atoms with E-state index >= 15 is 0 Å². The Balaban J connectivity index is 1.81. The lowest BCUT2D eigenvalue weighted by molar-refractivity contribution is -0.131. The molecule has 23 heavy (non-hydrogen) atoms. The van der Waals surface area contributed by atoms with Crippen molar-refractivity contribution in [3.63, 3.8) is 0 Å². The molecule has 1 fully saturated rings. The average molecular weight is 316 g/mol. The van der Waals surface area contributed by atoms with Gasteiger partial charge in [0.25, 0.3) is 11.8 Å². The van der Waals surface area contributed by atoms with Crippen LogP contribution in [0.3, 0.4) is 0 Å². The lowest BCUT2D eigenvalue weighted by Gasteiger charge is -2.35. The summed E-state index contributed by atoms with van der Waals surface area (Å²) in [4.78, 5) is 30.9. The van der Waals surface area contributed by atoms with Gasteiger partial charge in [-0.2, -0.15) is 0 Å². The highest BCUT2D eigenvalue weighted by Crippen LogP contribution is 2.16. The Kier molecular flexibility index (Phi) is 4.29. The van der Waals surface area contributed by atoms with E-state index in [2.05, 4.69) is 10.4 Å². The number of para-hydroxylation sites is 1. The molecule has 7 heteroatoms. The molecule has 0 aromatic heterocycles. The molecule has 2 unspecified atom stereocenters. The lowest BCUT2D eigenvalue weighted by atomic mass is 10.2. The van der Waals surface area contributed by atoms with Gasteiger partial charge in [0.15, 0.2) is 0 Å². The summed E-state index contributed by atoms with van der Waals surface area (Å²) in [5.74, 6) is -0.210. The molecular formula is C16H20N4O3. The number of rotatable bonds is 2. The Morgan fingerprint density at radius 3 is 2.74 bits per heavy atom. The number of morpholine rings is 1. The maximum Gasteiger partial charge on any atom is 0.290 e. The molecular weight excluding hydrogens is 296 g/mol. The summed E-state index contributed by atoms with van der Waals surface area (Å²) < 4.78 is 5.46. The largest absolute Gasteiger partial charge is 0.375 e. The molecule has 1 aromatic rings. The number of hydrogen-bond donors (Lipinski definition) is 1. The number of benzene rings is 1. The third kappa shape index (κ3) is 3.19. The number of hydrogen-bond acceptors (Lipinski definition) is 5. The van der Waals surface area contributed by atoms with Crippen molar-refractivity contribution in [3.05, 3.63) is 30.3 Å². The predicted octanol–water partition coefficient (Wildman–Crippen LogP) is 0.572. The molecule has 122 valence electrons. The van der Waals surface area contributed by atoms with Crippen LogP contribution in [0.15, 0.2) is 35.3 Å². The Morgan fingerprint density at radius 1 is 1.30 bits per heavy atom. The number of aliphatic imine (C=N–C) groups is 1. The summed E-state index contributed by atoms with van der Waals surface area (Å²) in [6, 6.07) is 8.56. The zero-order valence-corrected chi connectivity index (χ0v) is 13.2. The van der Waals surface area contributed by atoms with Crippen LogP contribution in [0.4, 0.5) is 5.69 Å². The quantitative estimate of drug-likeness (QED) is 0.866. The number of amidine groups is 1. The second kappa shape index (κ2) is 6.37. The number of amides is 2. The van der Waals surface area contributed by atoms with Crippen LogP contribution in [0, 0.1) is 0 Å². The van der Waals surface area contributed by atoms with E-state index < -0.39 is 6.04 Å². The molecule has 2 atom stereocenters. The van der Waals surface area contributed by atoms with Crippen LogP contribution in [-0.4, -0.2) is 54.4 Å². The molecule has 1 saturated heterocycles. The van der Waals surface area contributed by atoms with Crippen molar-refractivity contribution < 1.29 is 14.3 Å². The molecule has 3 rings (SSSR count). The van der Waals surface area contributed by atoms with Crippen molar-refractivity contribution in [2.75, 3.05) is 24.7 Å². The summed E-state index contributed by atoms with van der Waals surface area (Å²) in [6.45, 7) is 5.17. The third-order valence-electron chi connectivity index (χ3n) is 3.86. The van der Waals surface area contributed by atoms with Crippen LogP contribution in [0.1, 0.15) is 13.8 Å². The maximum atomic E-state index is 12.7. The zero-order chi connectivity index (χ0) is 16.4. The lowest BCUT2D eigenvalue weighted by Crippen LogP contribution is -2.59. The van der Waals surface area contributed by atoms with Gasteiger partial charge in [-0.1, -0.05) is 18.2 Å². The smallest absolute Gasteiger partial charge is 0.290 e. The number of carbonyl (C=O) groups excluding carboxylic acids is 2. The third-order valence-corrected chi connectivity index (χ3v) is 3.86. The Bertz CT molecular complexity index is 631. The van der Waals surface area contributed by atoms with Gasteiger partial charge in [0, 0.05) is 13.1 Å². The van der Waals surface area contributed by atoms with E-state index in [9.17, 15) is 9.59 Å². The number of carbonyl (C=O) groups is 2. The number of ether oxygens (including phenoxy) is 1. The van der Waals surface area contributed by atoms with Crippen molar-refractivity contribution in [3.8, 4) is 0 Å². The minimum Gasteiger partial charge on any atom is -0.375 e. The topological polar surface area (TPSA) is 74.2 Å². The molecule has 1 N–H and O–H groups in total. The van der Waals surface area contributed by atoms with Crippen molar-refractivity contribution in [2.24, 2.45) is 4.99 Å². The molecule has 0 radical (unpaired) electrons. The second-order valence-electron chi connectivity index (χ2n) is 5.71.